The molecule has 0 fully saturated rings. The first kappa shape index (κ1) is 14.6. The molecule has 0 saturated carbocycles. The van der Waals surface area contributed by atoms with Crippen LogP contribution in [0.25, 0.3) is 0 Å². The number of rotatable bonds is 6. The van der Waals surface area contributed by atoms with Crippen LogP contribution in [0.4, 0.5) is 0 Å². The molecule has 19 heavy (non-hydrogen) atoms. The minimum absolute atomic E-state index is 0.371. The van der Waals surface area contributed by atoms with Gasteiger partial charge in [-0.2, -0.15) is 0 Å². The SMILES string of the molecule is CCCNC(Cc1ccc(Cl)s1)c1ccccc1C. The molecule has 1 N–H and O–H groups in total. The molecular formula is C16H20ClNS. The van der Waals surface area contributed by atoms with Gasteiger partial charge in [-0.25, -0.2) is 0 Å². The minimum atomic E-state index is 0.371. The van der Waals surface area contributed by atoms with Crippen LogP contribution < -0.4 is 5.32 Å². The van der Waals surface area contributed by atoms with Crippen molar-refractivity contribution in [3.63, 3.8) is 0 Å². The topological polar surface area (TPSA) is 12.0 Å². The molecule has 2 aromatic rings. The van der Waals surface area contributed by atoms with E-state index in [0.717, 1.165) is 23.7 Å². The predicted octanol–water partition coefficient (Wildman–Crippen LogP) is 4.99. The summed E-state index contributed by atoms with van der Waals surface area (Å²) < 4.78 is 0.869. The van der Waals surface area contributed by atoms with Crippen molar-refractivity contribution in [1.82, 2.24) is 5.32 Å². The lowest BCUT2D eigenvalue weighted by atomic mass is 9.98. The van der Waals surface area contributed by atoms with Crippen molar-refractivity contribution in [2.45, 2.75) is 32.7 Å². The van der Waals surface area contributed by atoms with Gasteiger partial charge in [-0.15, -0.1) is 11.3 Å². The van der Waals surface area contributed by atoms with Crippen molar-refractivity contribution in [1.29, 1.82) is 0 Å². The Labute approximate surface area is 124 Å². The minimum Gasteiger partial charge on any atom is -0.310 e. The van der Waals surface area contributed by atoms with Crippen LogP contribution in [-0.4, -0.2) is 6.54 Å². The number of hydrogen-bond donors (Lipinski definition) is 1. The van der Waals surface area contributed by atoms with E-state index < -0.39 is 0 Å². The molecule has 102 valence electrons. The number of nitrogens with one attached hydrogen (secondary N) is 1. The van der Waals surface area contributed by atoms with Gasteiger partial charge in [-0.1, -0.05) is 42.8 Å². The van der Waals surface area contributed by atoms with E-state index in [0.29, 0.717) is 6.04 Å². The molecule has 2 rings (SSSR count). The summed E-state index contributed by atoms with van der Waals surface area (Å²) in [5, 5.41) is 3.65. The van der Waals surface area contributed by atoms with Crippen molar-refractivity contribution in [2.24, 2.45) is 0 Å². The van der Waals surface area contributed by atoms with Gasteiger partial charge < -0.3 is 5.32 Å². The second-order valence-electron chi connectivity index (χ2n) is 4.77. The van der Waals surface area contributed by atoms with E-state index in [2.05, 4.69) is 49.5 Å². The van der Waals surface area contributed by atoms with E-state index in [1.54, 1.807) is 11.3 Å². The van der Waals surface area contributed by atoms with Gasteiger partial charge in [0.1, 0.15) is 0 Å². The first-order valence-corrected chi connectivity index (χ1v) is 7.93. The Morgan fingerprint density at radius 1 is 1.21 bits per heavy atom. The van der Waals surface area contributed by atoms with E-state index in [1.165, 1.54) is 16.0 Å². The zero-order chi connectivity index (χ0) is 13.7. The summed E-state index contributed by atoms with van der Waals surface area (Å²) in [4.78, 5) is 1.34. The third kappa shape index (κ3) is 4.07. The summed E-state index contributed by atoms with van der Waals surface area (Å²) in [5.74, 6) is 0. The average molecular weight is 294 g/mol. The first-order chi connectivity index (χ1) is 9.20. The number of benzene rings is 1. The van der Waals surface area contributed by atoms with Crippen LogP contribution in [0.1, 0.15) is 35.4 Å². The highest BCUT2D eigenvalue weighted by atomic mass is 35.5. The molecule has 3 heteroatoms. The molecule has 1 nitrogen and oxygen atoms in total. The predicted molar refractivity (Wildman–Crippen MR) is 85.2 cm³/mol. The summed E-state index contributed by atoms with van der Waals surface area (Å²) in [5.41, 5.74) is 2.74. The molecule has 0 aliphatic heterocycles. The lowest BCUT2D eigenvalue weighted by Crippen LogP contribution is -2.24. The van der Waals surface area contributed by atoms with Crippen LogP contribution in [0.3, 0.4) is 0 Å². The van der Waals surface area contributed by atoms with Crippen molar-refractivity contribution in [3.8, 4) is 0 Å². The molecule has 0 amide bonds. The van der Waals surface area contributed by atoms with E-state index in [1.807, 2.05) is 6.07 Å². The van der Waals surface area contributed by atoms with Crippen LogP contribution in [-0.2, 0) is 6.42 Å². The number of halogens is 1. The Morgan fingerprint density at radius 2 is 2.00 bits per heavy atom. The monoisotopic (exact) mass is 293 g/mol. The summed E-state index contributed by atoms with van der Waals surface area (Å²) >= 11 is 7.70. The first-order valence-electron chi connectivity index (χ1n) is 6.74. The fourth-order valence-electron chi connectivity index (χ4n) is 2.25. The largest absolute Gasteiger partial charge is 0.310 e. The lowest BCUT2D eigenvalue weighted by Gasteiger charge is -2.20. The molecule has 1 unspecified atom stereocenters. The zero-order valence-electron chi connectivity index (χ0n) is 11.4. The molecule has 0 saturated heterocycles. The normalized spacial score (nSPS) is 12.6. The number of hydrogen-bond acceptors (Lipinski definition) is 2. The van der Waals surface area contributed by atoms with Crippen LogP contribution >= 0.6 is 22.9 Å². The van der Waals surface area contributed by atoms with Gasteiger partial charge in [0.15, 0.2) is 0 Å². The van der Waals surface area contributed by atoms with Gasteiger partial charge in [-0.3, -0.25) is 0 Å². The average Bonchev–Trinajstić information content (AvgIpc) is 2.81. The van der Waals surface area contributed by atoms with Crippen LogP contribution in [0.15, 0.2) is 36.4 Å². The van der Waals surface area contributed by atoms with Crippen LogP contribution in [0.5, 0.6) is 0 Å². The molecule has 0 spiro atoms. The Hall–Kier alpha value is -0.830. The van der Waals surface area contributed by atoms with Gasteiger partial charge in [0.05, 0.1) is 4.34 Å². The number of aryl methyl sites for hydroxylation is 1. The highest BCUT2D eigenvalue weighted by Crippen LogP contribution is 2.27. The van der Waals surface area contributed by atoms with E-state index in [4.69, 9.17) is 11.6 Å². The Kier molecular flexibility index (Phi) is 5.44. The Morgan fingerprint density at radius 3 is 2.63 bits per heavy atom. The highest BCUT2D eigenvalue weighted by Gasteiger charge is 2.14. The van der Waals surface area contributed by atoms with Gasteiger partial charge in [-0.05, 0) is 43.1 Å². The van der Waals surface area contributed by atoms with E-state index in [-0.39, 0.29) is 0 Å². The lowest BCUT2D eigenvalue weighted by molar-refractivity contribution is 0.530. The molecule has 1 aromatic heterocycles. The van der Waals surface area contributed by atoms with E-state index in [9.17, 15) is 0 Å². The second kappa shape index (κ2) is 7.09. The molecule has 1 heterocycles. The van der Waals surface area contributed by atoms with E-state index >= 15 is 0 Å². The van der Waals surface area contributed by atoms with Crippen molar-refractivity contribution in [3.05, 3.63) is 56.7 Å². The molecule has 1 atom stereocenters. The summed E-state index contributed by atoms with van der Waals surface area (Å²) in [7, 11) is 0. The third-order valence-corrected chi connectivity index (χ3v) is 4.49. The third-order valence-electron chi connectivity index (χ3n) is 3.24. The Balaban J connectivity index is 2.18. The summed E-state index contributed by atoms with van der Waals surface area (Å²) in [6, 6.07) is 13.1. The van der Waals surface area contributed by atoms with Gasteiger partial charge in [0.2, 0.25) is 0 Å². The second-order valence-corrected chi connectivity index (χ2v) is 6.57. The fraction of sp³-hybridized carbons (Fsp3) is 0.375. The number of thiophene rings is 1. The standard InChI is InChI=1S/C16H20ClNS/c1-3-10-18-15(11-13-8-9-16(17)19-13)14-7-5-4-6-12(14)2/h4-9,15,18H,3,10-11H2,1-2H3. The molecule has 0 aliphatic rings. The summed E-state index contributed by atoms with van der Waals surface area (Å²) in [6.07, 6.45) is 2.15. The highest BCUT2D eigenvalue weighted by molar-refractivity contribution is 7.16. The zero-order valence-corrected chi connectivity index (χ0v) is 13.0. The van der Waals surface area contributed by atoms with Crippen molar-refractivity contribution >= 4 is 22.9 Å². The van der Waals surface area contributed by atoms with Gasteiger partial charge >= 0.3 is 0 Å². The molecule has 0 bridgehead atoms. The van der Waals surface area contributed by atoms with Gasteiger partial charge in [0.25, 0.3) is 0 Å². The van der Waals surface area contributed by atoms with Crippen LogP contribution in [0.2, 0.25) is 4.34 Å². The van der Waals surface area contributed by atoms with Gasteiger partial charge in [0, 0.05) is 17.3 Å². The maximum Gasteiger partial charge on any atom is 0.0931 e. The molecule has 0 radical (unpaired) electrons. The smallest absolute Gasteiger partial charge is 0.0931 e. The Bertz CT molecular complexity index is 521. The molecule has 1 aromatic carbocycles. The van der Waals surface area contributed by atoms with Crippen molar-refractivity contribution in [2.75, 3.05) is 6.54 Å². The summed E-state index contributed by atoms with van der Waals surface area (Å²) in [6.45, 7) is 5.42. The quantitative estimate of drug-likeness (QED) is 0.791. The maximum atomic E-state index is 6.02. The van der Waals surface area contributed by atoms with Crippen LogP contribution in [0, 0.1) is 6.92 Å². The molecular weight excluding hydrogens is 274 g/mol. The fourth-order valence-corrected chi connectivity index (χ4v) is 3.38. The molecule has 0 aliphatic carbocycles. The van der Waals surface area contributed by atoms with Crippen molar-refractivity contribution < 1.29 is 0 Å². The maximum absolute atomic E-state index is 6.02.